The molecule has 0 amide bonds. The summed E-state index contributed by atoms with van der Waals surface area (Å²) in [5.74, 6) is -0.902. The van der Waals surface area contributed by atoms with Gasteiger partial charge in [0.1, 0.15) is 5.84 Å². The maximum atomic E-state index is 12.4. The van der Waals surface area contributed by atoms with Crippen LogP contribution in [-0.4, -0.2) is 32.4 Å². The average molecular weight is 421 g/mol. The van der Waals surface area contributed by atoms with Crippen LogP contribution < -0.4 is 4.72 Å². The van der Waals surface area contributed by atoms with Crippen LogP contribution in [0.1, 0.15) is 12.8 Å². The summed E-state index contributed by atoms with van der Waals surface area (Å²) in [4.78, 5) is 4.37. The number of aliphatic imine (C=N–C) groups is 1. The molecule has 1 aromatic rings. The molecule has 0 bridgehead atoms. The molecule has 1 N–H and O–H groups in total. The lowest BCUT2D eigenvalue weighted by atomic mass is 10.3. The van der Waals surface area contributed by atoms with Crippen LogP contribution in [0.25, 0.3) is 0 Å². The normalized spacial score (nSPS) is 16.3. The van der Waals surface area contributed by atoms with Crippen molar-refractivity contribution in [1.82, 2.24) is 4.72 Å². The smallest absolute Gasteiger partial charge is 0.271 e. The lowest BCUT2D eigenvalue weighted by Crippen LogP contribution is -2.30. The quantitative estimate of drug-likeness (QED) is 0.428. The minimum atomic E-state index is -4.34. The van der Waals surface area contributed by atoms with Crippen molar-refractivity contribution in [1.29, 1.82) is 0 Å². The zero-order valence-corrected chi connectivity index (χ0v) is 15.5. The molecule has 0 radical (unpaired) electrons. The van der Waals surface area contributed by atoms with E-state index in [0.717, 1.165) is 19.1 Å². The molecule has 1 aliphatic rings. The van der Waals surface area contributed by atoms with Crippen LogP contribution in [0.5, 0.6) is 0 Å². The SMILES string of the molecule is CS(=O)(=O)N/C(=N\c1cc(SCC(F)(F)F)c(Cl)cc1Cl)C1CC1. The summed E-state index contributed by atoms with van der Waals surface area (Å²) in [6, 6.07) is 2.62. The summed E-state index contributed by atoms with van der Waals surface area (Å²) in [5, 5.41) is 0.210. The fourth-order valence-electron chi connectivity index (χ4n) is 1.75. The number of nitrogens with one attached hydrogen (secondary N) is 1. The van der Waals surface area contributed by atoms with E-state index in [1.807, 2.05) is 0 Å². The highest BCUT2D eigenvalue weighted by molar-refractivity contribution is 7.99. The molecule has 0 aliphatic heterocycles. The third kappa shape index (κ3) is 6.34. The van der Waals surface area contributed by atoms with Gasteiger partial charge in [0.2, 0.25) is 10.0 Å². The van der Waals surface area contributed by atoms with Crippen LogP contribution in [-0.2, 0) is 10.0 Å². The van der Waals surface area contributed by atoms with Crippen LogP contribution in [0.4, 0.5) is 18.9 Å². The summed E-state index contributed by atoms with van der Waals surface area (Å²) < 4.78 is 62.2. The Labute approximate surface area is 151 Å². The molecule has 4 nitrogen and oxygen atoms in total. The molecule has 0 aromatic heterocycles. The van der Waals surface area contributed by atoms with E-state index in [0.29, 0.717) is 11.8 Å². The summed E-state index contributed by atoms with van der Waals surface area (Å²) in [7, 11) is -3.51. The molecular formula is C13H13Cl2F3N2O2S2. The van der Waals surface area contributed by atoms with Gasteiger partial charge in [-0.1, -0.05) is 23.2 Å². The topological polar surface area (TPSA) is 58.5 Å². The van der Waals surface area contributed by atoms with Crippen molar-refractivity contribution in [3.63, 3.8) is 0 Å². The molecule has 11 heteroatoms. The first-order valence-corrected chi connectivity index (χ1v) is 10.3. The van der Waals surface area contributed by atoms with E-state index in [-0.39, 0.29) is 32.4 Å². The molecule has 0 unspecified atom stereocenters. The largest absolute Gasteiger partial charge is 0.398 e. The van der Waals surface area contributed by atoms with E-state index in [2.05, 4.69) is 9.71 Å². The third-order valence-electron chi connectivity index (χ3n) is 2.89. The van der Waals surface area contributed by atoms with E-state index in [1.165, 1.54) is 12.1 Å². The fourth-order valence-corrected chi connectivity index (χ4v) is 3.64. The maximum Gasteiger partial charge on any atom is 0.398 e. The van der Waals surface area contributed by atoms with Gasteiger partial charge >= 0.3 is 6.18 Å². The van der Waals surface area contributed by atoms with Crippen molar-refractivity contribution in [2.45, 2.75) is 23.9 Å². The summed E-state index contributed by atoms with van der Waals surface area (Å²) in [6.07, 6.45) is -1.78. The van der Waals surface area contributed by atoms with Crippen molar-refractivity contribution >= 4 is 56.5 Å². The second-order valence-corrected chi connectivity index (χ2v) is 8.86. The number of alkyl halides is 3. The number of thioether (sulfide) groups is 1. The molecular weight excluding hydrogens is 408 g/mol. The Morgan fingerprint density at radius 1 is 1.33 bits per heavy atom. The standard InChI is InChI=1S/C13H13Cl2F3N2O2S2/c1-24(21,22)20-12(7-2-3-7)19-10-5-11(9(15)4-8(10)14)23-6-13(16,17)18/h4-5,7H,2-3,6H2,1H3,(H,19,20). The number of nitrogens with zero attached hydrogens (tertiary/aromatic N) is 1. The molecule has 1 fully saturated rings. The van der Waals surface area contributed by atoms with Gasteiger partial charge in [0.05, 0.1) is 27.7 Å². The molecule has 134 valence electrons. The molecule has 24 heavy (non-hydrogen) atoms. The maximum absolute atomic E-state index is 12.4. The second-order valence-electron chi connectivity index (χ2n) is 5.28. The Morgan fingerprint density at radius 3 is 2.46 bits per heavy atom. The van der Waals surface area contributed by atoms with E-state index in [4.69, 9.17) is 23.2 Å². The van der Waals surface area contributed by atoms with Gasteiger partial charge in [-0.15, -0.1) is 11.8 Å². The van der Waals surface area contributed by atoms with E-state index >= 15 is 0 Å². The van der Waals surface area contributed by atoms with Crippen molar-refractivity contribution in [3.05, 3.63) is 22.2 Å². The van der Waals surface area contributed by atoms with Crippen molar-refractivity contribution in [2.24, 2.45) is 10.9 Å². The van der Waals surface area contributed by atoms with Gasteiger partial charge in [-0.3, -0.25) is 4.72 Å². The van der Waals surface area contributed by atoms with Crippen molar-refractivity contribution < 1.29 is 21.6 Å². The molecule has 0 spiro atoms. The second kappa shape index (κ2) is 7.31. The van der Waals surface area contributed by atoms with Gasteiger partial charge < -0.3 is 0 Å². The number of halogens is 5. The summed E-state index contributed by atoms with van der Waals surface area (Å²) in [6.45, 7) is 0. The van der Waals surface area contributed by atoms with E-state index in [9.17, 15) is 21.6 Å². The Morgan fingerprint density at radius 2 is 1.96 bits per heavy atom. The molecule has 1 aliphatic carbocycles. The Bertz CT molecular complexity index is 763. The minimum absolute atomic E-state index is 0.0299. The molecule has 0 heterocycles. The van der Waals surface area contributed by atoms with Gasteiger partial charge in [0.15, 0.2) is 0 Å². The highest BCUT2D eigenvalue weighted by Crippen LogP contribution is 2.39. The van der Waals surface area contributed by atoms with Gasteiger partial charge in [-0.25, -0.2) is 13.4 Å². The van der Waals surface area contributed by atoms with E-state index in [1.54, 1.807) is 0 Å². The average Bonchev–Trinajstić information content (AvgIpc) is 3.21. The zero-order chi connectivity index (χ0) is 18.1. The number of benzene rings is 1. The van der Waals surface area contributed by atoms with Gasteiger partial charge in [0, 0.05) is 10.8 Å². The lowest BCUT2D eigenvalue weighted by molar-refractivity contribution is -0.105. The van der Waals surface area contributed by atoms with Crippen LogP contribution in [0.2, 0.25) is 10.0 Å². The van der Waals surface area contributed by atoms with Crippen molar-refractivity contribution in [2.75, 3.05) is 12.0 Å². The van der Waals surface area contributed by atoms with Gasteiger partial charge in [-0.2, -0.15) is 13.2 Å². The number of sulfonamides is 1. The summed E-state index contributed by atoms with van der Waals surface area (Å²) >= 11 is 12.5. The molecule has 1 saturated carbocycles. The van der Waals surface area contributed by atoms with E-state index < -0.39 is 22.0 Å². The highest BCUT2D eigenvalue weighted by atomic mass is 35.5. The fraction of sp³-hybridized carbons (Fsp3) is 0.462. The molecule has 2 rings (SSSR count). The first-order valence-electron chi connectivity index (χ1n) is 6.69. The highest BCUT2D eigenvalue weighted by Gasteiger charge is 2.30. The first-order chi connectivity index (χ1) is 10.9. The predicted octanol–water partition coefficient (Wildman–Crippen LogP) is 4.64. The Hall–Kier alpha value is -0.640. The van der Waals surface area contributed by atoms with Gasteiger partial charge in [-0.05, 0) is 25.0 Å². The lowest BCUT2D eigenvalue weighted by Gasteiger charge is -2.11. The third-order valence-corrected chi connectivity index (χ3v) is 5.32. The molecule has 1 aromatic carbocycles. The number of rotatable bonds is 5. The van der Waals surface area contributed by atoms with Gasteiger partial charge in [0.25, 0.3) is 0 Å². The minimum Gasteiger partial charge on any atom is -0.271 e. The van der Waals surface area contributed by atoms with Crippen LogP contribution in [0.15, 0.2) is 22.0 Å². The monoisotopic (exact) mass is 420 g/mol. The number of hydrogen-bond acceptors (Lipinski definition) is 4. The number of hydrogen-bond donors (Lipinski definition) is 1. The molecule has 0 saturated heterocycles. The Balaban J connectivity index is 2.32. The van der Waals surface area contributed by atoms with Crippen molar-refractivity contribution in [3.8, 4) is 0 Å². The molecule has 0 atom stereocenters. The Kier molecular flexibility index (Phi) is 5.99. The van der Waals surface area contributed by atoms with Crippen LogP contribution >= 0.6 is 35.0 Å². The predicted molar refractivity (Wildman–Crippen MR) is 91.0 cm³/mol. The van der Waals surface area contributed by atoms with Crippen LogP contribution in [0, 0.1) is 5.92 Å². The summed E-state index contributed by atoms with van der Waals surface area (Å²) in [5.41, 5.74) is 0.170. The zero-order valence-electron chi connectivity index (χ0n) is 12.3. The van der Waals surface area contributed by atoms with Crippen LogP contribution in [0.3, 0.4) is 0 Å². The number of amidine groups is 1. The first kappa shape index (κ1) is 19.7.